The van der Waals surface area contributed by atoms with Gasteiger partial charge in [-0.3, -0.25) is 0 Å². The zero-order valence-corrected chi connectivity index (χ0v) is 13.9. The normalized spacial score (nSPS) is 11.7. The van der Waals surface area contributed by atoms with Crippen LogP contribution in [0.2, 0.25) is 0 Å². The van der Waals surface area contributed by atoms with Crippen LogP contribution in [0.15, 0.2) is 36.4 Å². The molecule has 27 heavy (non-hydrogen) atoms. The van der Waals surface area contributed by atoms with Crippen LogP contribution in [0.5, 0.6) is 5.75 Å². The summed E-state index contributed by atoms with van der Waals surface area (Å²) in [4.78, 5) is 0. The summed E-state index contributed by atoms with van der Waals surface area (Å²) in [5.74, 6) is -1.97. The van der Waals surface area contributed by atoms with Crippen molar-refractivity contribution in [3.8, 4) is 17.6 Å². The molecule has 0 aliphatic heterocycles. The first-order valence-corrected chi connectivity index (χ1v) is 7.77. The van der Waals surface area contributed by atoms with Crippen LogP contribution in [-0.4, -0.2) is 6.18 Å². The second-order valence-electron chi connectivity index (χ2n) is 5.58. The van der Waals surface area contributed by atoms with Gasteiger partial charge < -0.3 is 4.74 Å². The van der Waals surface area contributed by atoms with E-state index in [1.165, 1.54) is 18.1 Å². The molecule has 0 unspecified atom stereocenters. The van der Waals surface area contributed by atoms with Gasteiger partial charge in [-0.15, -0.1) is 0 Å². The van der Waals surface area contributed by atoms with Gasteiger partial charge in [0.1, 0.15) is 17.4 Å². The quantitative estimate of drug-likeness (QED) is 0.452. The van der Waals surface area contributed by atoms with E-state index in [0.717, 1.165) is 24.1 Å². The zero-order valence-electron chi connectivity index (χ0n) is 13.9. The molecule has 2 aromatic rings. The summed E-state index contributed by atoms with van der Waals surface area (Å²) < 4.78 is 96.4. The van der Waals surface area contributed by atoms with Crippen molar-refractivity contribution in [2.45, 2.75) is 32.1 Å². The molecule has 0 saturated heterocycles. The van der Waals surface area contributed by atoms with Gasteiger partial charge in [-0.2, -0.15) is 22.0 Å². The minimum atomic E-state index is -4.95. The Bertz CT molecular complexity index is 835. The van der Waals surface area contributed by atoms with Crippen LogP contribution in [-0.2, 0) is 12.5 Å². The lowest BCUT2D eigenvalue weighted by Crippen LogP contribution is -2.22. The molecule has 0 atom stereocenters. The minimum absolute atomic E-state index is 0.350. The number of benzene rings is 2. The Kier molecular flexibility index (Phi) is 6.04. The molecule has 0 amide bonds. The topological polar surface area (TPSA) is 9.23 Å². The van der Waals surface area contributed by atoms with Gasteiger partial charge in [0.25, 0.3) is 0 Å². The van der Waals surface area contributed by atoms with Crippen molar-refractivity contribution in [1.82, 2.24) is 0 Å². The first-order chi connectivity index (χ1) is 12.5. The maximum Gasteiger partial charge on any atom is 0.458 e. The molecule has 0 spiro atoms. The molecule has 2 aromatic carbocycles. The number of hydrogen-bond donors (Lipinski definition) is 0. The lowest BCUT2D eigenvalue weighted by Gasteiger charge is -2.19. The predicted octanol–water partition coefficient (Wildman–Crippen LogP) is 5.96. The molecule has 0 heterocycles. The van der Waals surface area contributed by atoms with E-state index < -0.39 is 40.8 Å². The zero-order chi connectivity index (χ0) is 20.2. The first-order valence-electron chi connectivity index (χ1n) is 7.77. The molecule has 0 aliphatic carbocycles. The van der Waals surface area contributed by atoms with Crippen molar-refractivity contribution in [1.29, 1.82) is 0 Å². The number of aryl methyl sites for hydroxylation is 1. The highest BCUT2D eigenvalue weighted by Crippen LogP contribution is 2.33. The second kappa shape index (κ2) is 7.91. The molecule has 0 aliphatic rings. The van der Waals surface area contributed by atoms with Crippen LogP contribution in [0, 0.1) is 23.5 Å². The third-order valence-electron chi connectivity index (χ3n) is 3.42. The Labute approximate surface area is 150 Å². The number of ether oxygens (including phenoxy) is 1. The van der Waals surface area contributed by atoms with Gasteiger partial charge in [0, 0.05) is 18.1 Å². The van der Waals surface area contributed by atoms with Crippen LogP contribution in [0.3, 0.4) is 0 Å². The Morgan fingerprint density at radius 3 is 1.96 bits per heavy atom. The van der Waals surface area contributed by atoms with E-state index in [2.05, 4.69) is 4.74 Å². The Morgan fingerprint density at radius 2 is 1.48 bits per heavy atom. The SMILES string of the molecule is CCCc1ccc(C(F)(F)Oc2cc(F)c(C#CC(F)(F)F)c(F)c2)cc1. The second-order valence-corrected chi connectivity index (χ2v) is 5.58. The van der Waals surface area contributed by atoms with Gasteiger partial charge >= 0.3 is 12.3 Å². The summed E-state index contributed by atoms with van der Waals surface area (Å²) >= 11 is 0. The van der Waals surface area contributed by atoms with Gasteiger partial charge in [-0.05, 0) is 24.1 Å². The van der Waals surface area contributed by atoms with E-state index in [0.29, 0.717) is 24.5 Å². The number of rotatable bonds is 5. The maximum absolute atomic E-state index is 14.2. The summed E-state index contributed by atoms with van der Waals surface area (Å²) in [6.07, 6.45) is -7.33. The highest BCUT2D eigenvalue weighted by Gasteiger charge is 2.35. The van der Waals surface area contributed by atoms with Crippen molar-refractivity contribution in [2.24, 2.45) is 0 Å². The summed E-state index contributed by atoms with van der Waals surface area (Å²) in [6.45, 7) is 1.93. The minimum Gasteiger partial charge on any atom is -0.429 e. The van der Waals surface area contributed by atoms with E-state index in [9.17, 15) is 30.7 Å². The highest BCUT2D eigenvalue weighted by atomic mass is 19.4. The number of halogens is 7. The fraction of sp³-hybridized carbons (Fsp3) is 0.263. The van der Waals surface area contributed by atoms with Crippen molar-refractivity contribution in [3.63, 3.8) is 0 Å². The summed E-state index contributed by atoms with van der Waals surface area (Å²) in [6, 6.07) is 5.91. The van der Waals surface area contributed by atoms with Gasteiger partial charge in [-0.25, -0.2) is 8.78 Å². The van der Waals surface area contributed by atoms with Crippen LogP contribution >= 0.6 is 0 Å². The van der Waals surface area contributed by atoms with Gasteiger partial charge in [0.2, 0.25) is 0 Å². The average Bonchev–Trinajstić information content (AvgIpc) is 2.53. The summed E-state index contributed by atoms with van der Waals surface area (Å²) in [7, 11) is 0. The van der Waals surface area contributed by atoms with Crippen LogP contribution < -0.4 is 4.74 Å². The smallest absolute Gasteiger partial charge is 0.429 e. The van der Waals surface area contributed by atoms with Crippen molar-refractivity contribution in [3.05, 3.63) is 64.7 Å². The van der Waals surface area contributed by atoms with E-state index in [4.69, 9.17) is 0 Å². The molecule has 8 heteroatoms. The highest BCUT2D eigenvalue weighted by molar-refractivity contribution is 5.42. The lowest BCUT2D eigenvalue weighted by atomic mass is 10.1. The third kappa shape index (κ3) is 5.64. The Hall–Kier alpha value is -2.69. The summed E-state index contributed by atoms with van der Waals surface area (Å²) in [5, 5.41) is 0. The molecule has 1 nitrogen and oxygen atoms in total. The van der Waals surface area contributed by atoms with Crippen molar-refractivity contribution >= 4 is 0 Å². The molecule has 0 N–H and O–H groups in total. The van der Waals surface area contributed by atoms with Gasteiger partial charge in [0.05, 0.1) is 11.1 Å². The van der Waals surface area contributed by atoms with E-state index >= 15 is 0 Å². The molecule has 0 bridgehead atoms. The van der Waals surface area contributed by atoms with Gasteiger partial charge in [0.15, 0.2) is 0 Å². The van der Waals surface area contributed by atoms with E-state index in [1.54, 1.807) is 0 Å². The van der Waals surface area contributed by atoms with E-state index in [-0.39, 0.29) is 0 Å². The lowest BCUT2D eigenvalue weighted by molar-refractivity contribution is -0.185. The van der Waals surface area contributed by atoms with Crippen LogP contribution in [0.4, 0.5) is 30.7 Å². The largest absolute Gasteiger partial charge is 0.458 e. The monoisotopic (exact) mass is 390 g/mol. The molecule has 0 saturated carbocycles. The molecule has 144 valence electrons. The molecular weight excluding hydrogens is 377 g/mol. The molecular formula is C19H13F7O. The average molecular weight is 390 g/mol. The van der Waals surface area contributed by atoms with Crippen molar-refractivity contribution < 1.29 is 35.5 Å². The number of hydrogen-bond acceptors (Lipinski definition) is 1. The Morgan fingerprint density at radius 1 is 0.926 bits per heavy atom. The fourth-order valence-corrected chi connectivity index (χ4v) is 2.22. The third-order valence-corrected chi connectivity index (χ3v) is 3.42. The Balaban J connectivity index is 2.26. The van der Waals surface area contributed by atoms with E-state index in [1.807, 2.05) is 6.92 Å². The van der Waals surface area contributed by atoms with Crippen LogP contribution in [0.25, 0.3) is 0 Å². The predicted molar refractivity (Wildman–Crippen MR) is 84.2 cm³/mol. The molecule has 0 radical (unpaired) electrons. The van der Waals surface area contributed by atoms with Crippen molar-refractivity contribution in [2.75, 3.05) is 0 Å². The molecule has 2 rings (SSSR count). The van der Waals surface area contributed by atoms with Gasteiger partial charge in [-0.1, -0.05) is 31.4 Å². The summed E-state index contributed by atoms with van der Waals surface area (Å²) in [5.41, 5.74) is -0.891. The number of alkyl halides is 5. The molecule has 0 aromatic heterocycles. The maximum atomic E-state index is 14.2. The van der Waals surface area contributed by atoms with Crippen LogP contribution in [0.1, 0.15) is 30.0 Å². The molecule has 0 fully saturated rings. The standard InChI is InChI=1S/C19H13F7O/c1-2-3-12-4-6-13(7-5-12)19(25,26)27-14-10-16(20)15(17(21)11-14)8-9-18(22,23)24/h4-7,10-11H,2-3H2,1H3. The fourth-order valence-electron chi connectivity index (χ4n) is 2.22. The first kappa shape index (κ1) is 20.6.